The summed E-state index contributed by atoms with van der Waals surface area (Å²) in [6, 6.07) is 19.2. The molecule has 3 unspecified atom stereocenters. The highest BCUT2D eigenvalue weighted by atomic mass is 31.1. The lowest BCUT2D eigenvalue weighted by Gasteiger charge is -2.42. The van der Waals surface area contributed by atoms with Gasteiger partial charge in [0.05, 0.1) is 11.4 Å². The summed E-state index contributed by atoms with van der Waals surface area (Å²) < 4.78 is 26.4. The van der Waals surface area contributed by atoms with E-state index in [1.165, 1.54) is 30.3 Å². The van der Waals surface area contributed by atoms with Crippen molar-refractivity contribution in [1.82, 2.24) is 4.98 Å². The first-order valence-electron chi connectivity index (χ1n) is 11.1. The van der Waals surface area contributed by atoms with E-state index in [9.17, 15) is 28.9 Å². The molecule has 6 nitrogen and oxygen atoms in total. The molecule has 0 fully saturated rings. The van der Waals surface area contributed by atoms with Crippen molar-refractivity contribution in [3.05, 3.63) is 89.9 Å². The molecule has 180 valence electrons. The molecule has 3 rings (SSSR count). The maximum absolute atomic E-state index is 13.5. The summed E-state index contributed by atoms with van der Waals surface area (Å²) in [5.41, 5.74) is -0.739. The summed E-state index contributed by atoms with van der Waals surface area (Å²) in [6.07, 6.45) is -0.267. The number of carbonyl (C=O) groups is 1. The average molecular weight is 485 g/mol. The van der Waals surface area contributed by atoms with Gasteiger partial charge in [0.1, 0.15) is 11.4 Å². The first-order chi connectivity index (χ1) is 16.1. The lowest BCUT2D eigenvalue weighted by molar-refractivity contribution is -0.151. The molecule has 1 aromatic heterocycles. The Morgan fingerprint density at radius 1 is 1.03 bits per heavy atom. The van der Waals surface area contributed by atoms with Crippen molar-refractivity contribution in [2.75, 3.05) is 0 Å². The van der Waals surface area contributed by atoms with Crippen LogP contribution in [0.2, 0.25) is 0 Å². The van der Waals surface area contributed by atoms with Crippen LogP contribution in [0.25, 0.3) is 11.3 Å². The van der Waals surface area contributed by atoms with Gasteiger partial charge in [-0.2, -0.15) is 0 Å². The standard InChI is InChI=1S/C26H29FNO5P/c1-18(2)15-16-26(24(29)30,34(32)33)25(31,17-19-11-13-21(27)14-12-19)23-10-6-9-22(28-23)20-7-4-3-5-8-20/h3-14,18,31,34H,15-17H2,1-2H3,(H,29,30)(H,32,33). The molecule has 3 atom stereocenters. The molecule has 3 aromatic rings. The van der Waals surface area contributed by atoms with Crippen molar-refractivity contribution in [3.8, 4) is 11.3 Å². The van der Waals surface area contributed by atoms with E-state index in [2.05, 4.69) is 4.98 Å². The zero-order chi connectivity index (χ0) is 24.9. The Bertz CT molecular complexity index is 1140. The van der Waals surface area contributed by atoms with E-state index in [1.54, 1.807) is 12.1 Å². The van der Waals surface area contributed by atoms with Gasteiger partial charge in [-0.25, -0.2) is 9.37 Å². The molecule has 34 heavy (non-hydrogen) atoms. The molecule has 0 saturated heterocycles. The number of rotatable bonds is 10. The summed E-state index contributed by atoms with van der Waals surface area (Å²) in [6.45, 7) is 3.74. The van der Waals surface area contributed by atoms with Gasteiger partial charge in [-0.15, -0.1) is 0 Å². The van der Waals surface area contributed by atoms with Crippen LogP contribution in [-0.2, 0) is 21.4 Å². The zero-order valence-corrected chi connectivity index (χ0v) is 20.1. The molecule has 1 heterocycles. The van der Waals surface area contributed by atoms with Crippen LogP contribution < -0.4 is 0 Å². The highest BCUT2D eigenvalue weighted by Crippen LogP contribution is 2.54. The molecule has 0 bridgehead atoms. The van der Waals surface area contributed by atoms with Gasteiger partial charge in [0.15, 0.2) is 5.16 Å². The fourth-order valence-electron chi connectivity index (χ4n) is 4.16. The summed E-state index contributed by atoms with van der Waals surface area (Å²) in [5.74, 6) is -2.04. The van der Waals surface area contributed by atoms with Crippen molar-refractivity contribution in [2.24, 2.45) is 5.92 Å². The van der Waals surface area contributed by atoms with Crippen LogP contribution in [-0.4, -0.2) is 31.2 Å². The number of aliphatic carboxylic acids is 1. The Kier molecular flexibility index (Phi) is 8.03. The number of hydrogen-bond donors (Lipinski definition) is 3. The topological polar surface area (TPSA) is 108 Å². The molecule has 0 amide bonds. The molecule has 0 aliphatic carbocycles. The number of aromatic nitrogens is 1. The molecule has 8 heteroatoms. The minimum atomic E-state index is -3.85. The molecule has 0 spiro atoms. The summed E-state index contributed by atoms with van der Waals surface area (Å²) in [5, 5.41) is 20.1. The van der Waals surface area contributed by atoms with E-state index >= 15 is 0 Å². The van der Waals surface area contributed by atoms with Gasteiger partial charge in [0.25, 0.3) is 0 Å². The third-order valence-electron chi connectivity index (χ3n) is 6.15. The number of carboxylic acid groups (broad SMARTS) is 1. The second kappa shape index (κ2) is 10.6. The first kappa shape index (κ1) is 25.8. The van der Waals surface area contributed by atoms with Crippen molar-refractivity contribution in [1.29, 1.82) is 0 Å². The number of aliphatic hydroxyl groups is 1. The number of carboxylic acids is 1. The van der Waals surface area contributed by atoms with Gasteiger partial charge in [-0.1, -0.05) is 62.4 Å². The van der Waals surface area contributed by atoms with Gasteiger partial charge in [0.2, 0.25) is 8.03 Å². The fraction of sp³-hybridized carbons (Fsp3) is 0.308. The van der Waals surface area contributed by atoms with E-state index in [-0.39, 0.29) is 24.5 Å². The van der Waals surface area contributed by atoms with E-state index < -0.39 is 30.6 Å². The second-order valence-corrected chi connectivity index (χ2v) is 10.3. The third kappa shape index (κ3) is 5.12. The van der Waals surface area contributed by atoms with E-state index in [0.717, 1.165) is 5.56 Å². The summed E-state index contributed by atoms with van der Waals surface area (Å²) in [7, 11) is -3.85. The largest absolute Gasteiger partial charge is 0.480 e. The SMILES string of the molecule is CC(C)CCC(C(=O)O)([PH](=O)O)C(O)(Cc1ccc(F)cc1)c1cccc(-c2ccccc2)n1. The molecule has 2 aromatic carbocycles. The minimum Gasteiger partial charge on any atom is -0.480 e. The quantitative estimate of drug-likeness (QED) is 0.347. The molecule has 3 N–H and O–H groups in total. The fourth-order valence-corrected chi connectivity index (χ4v) is 5.28. The van der Waals surface area contributed by atoms with E-state index in [0.29, 0.717) is 17.7 Å². The summed E-state index contributed by atoms with van der Waals surface area (Å²) >= 11 is 0. The summed E-state index contributed by atoms with van der Waals surface area (Å²) in [4.78, 5) is 27.7. The van der Waals surface area contributed by atoms with Crippen LogP contribution in [0.15, 0.2) is 72.8 Å². The van der Waals surface area contributed by atoms with Gasteiger partial charge in [-0.05, 0) is 48.6 Å². The highest BCUT2D eigenvalue weighted by Gasteiger charge is 2.61. The number of pyridine rings is 1. The average Bonchev–Trinajstić information content (AvgIpc) is 2.81. The van der Waals surface area contributed by atoms with Crippen LogP contribution in [0.1, 0.15) is 37.9 Å². The van der Waals surface area contributed by atoms with Crippen LogP contribution in [0.4, 0.5) is 4.39 Å². The predicted molar refractivity (Wildman–Crippen MR) is 129 cm³/mol. The Hall–Kier alpha value is -2.86. The van der Waals surface area contributed by atoms with Crippen molar-refractivity contribution in [2.45, 2.75) is 43.9 Å². The molecular formula is C26H29FNO5P. The minimum absolute atomic E-state index is 0.0266. The molecule has 0 aliphatic rings. The van der Waals surface area contributed by atoms with E-state index in [1.807, 2.05) is 44.2 Å². The number of nitrogens with zero attached hydrogens (tertiary/aromatic N) is 1. The van der Waals surface area contributed by atoms with Gasteiger partial charge in [0, 0.05) is 12.0 Å². The predicted octanol–water partition coefficient (Wildman–Crippen LogP) is 5.04. The molecule has 0 aliphatic heterocycles. The zero-order valence-electron chi connectivity index (χ0n) is 19.1. The van der Waals surface area contributed by atoms with Gasteiger partial charge < -0.3 is 15.1 Å². The van der Waals surface area contributed by atoms with Crippen LogP contribution in [0.5, 0.6) is 0 Å². The van der Waals surface area contributed by atoms with Gasteiger partial charge >= 0.3 is 5.97 Å². The Morgan fingerprint density at radius 3 is 2.24 bits per heavy atom. The second-order valence-electron chi connectivity index (χ2n) is 8.89. The smallest absolute Gasteiger partial charge is 0.322 e. The Balaban J connectivity index is 2.26. The maximum atomic E-state index is 13.5. The molecular weight excluding hydrogens is 456 g/mol. The normalized spacial score (nSPS) is 15.9. The van der Waals surface area contributed by atoms with Crippen LogP contribution in [0, 0.1) is 11.7 Å². The Labute approximate surface area is 199 Å². The number of halogens is 1. The lowest BCUT2D eigenvalue weighted by Crippen LogP contribution is -2.56. The number of benzene rings is 2. The molecule has 0 radical (unpaired) electrons. The number of hydrogen-bond acceptors (Lipinski definition) is 4. The third-order valence-corrected chi connectivity index (χ3v) is 7.76. The van der Waals surface area contributed by atoms with Crippen molar-refractivity contribution >= 4 is 14.0 Å². The lowest BCUT2D eigenvalue weighted by atomic mass is 9.75. The van der Waals surface area contributed by atoms with Crippen molar-refractivity contribution in [3.63, 3.8) is 0 Å². The van der Waals surface area contributed by atoms with Crippen LogP contribution >= 0.6 is 8.03 Å². The first-order valence-corrected chi connectivity index (χ1v) is 12.4. The van der Waals surface area contributed by atoms with E-state index in [4.69, 9.17) is 0 Å². The highest BCUT2D eigenvalue weighted by molar-refractivity contribution is 7.41. The van der Waals surface area contributed by atoms with Crippen molar-refractivity contribution < 1.29 is 28.9 Å². The van der Waals surface area contributed by atoms with Gasteiger partial charge in [-0.3, -0.25) is 9.36 Å². The Morgan fingerprint density at radius 2 is 1.68 bits per heavy atom. The maximum Gasteiger partial charge on any atom is 0.322 e. The monoisotopic (exact) mass is 485 g/mol. The molecule has 0 saturated carbocycles. The van der Waals surface area contributed by atoms with Crippen LogP contribution in [0.3, 0.4) is 0 Å².